The smallest absolute Gasteiger partial charge is 0.0772 e. The van der Waals surface area contributed by atoms with Crippen LogP contribution in [-0.4, -0.2) is 30.4 Å². The van der Waals surface area contributed by atoms with Crippen molar-refractivity contribution >= 4 is 22.6 Å². The average Bonchev–Trinajstić information content (AvgIpc) is 2.29. The molecule has 0 aromatic carbocycles. The quantitative estimate of drug-likeness (QED) is 0.421. The van der Waals surface area contributed by atoms with Crippen LogP contribution in [0.15, 0.2) is 0 Å². The van der Waals surface area contributed by atoms with E-state index in [0.717, 1.165) is 17.0 Å². The van der Waals surface area contributed by atoms with Gasteiger partial charge in [-0.05, 0) is 37.0 Å². The zero-order valence-electron chi connectivity index (χ0n) is 11.7. The molecule has 0 bridgehead atoms. The maximum Gasteiger partial charge on any atom is 0.0772 e. The molecule has 1 saturated carbocycles. The molecule has 1 fully saturated rings. The number of alkyl halides is 1. The van der Waals surface area contributed by atoms with E-state index in [2.05, 4.69) is 43.4 Å². The first kappa shape index (κ1) is 15.7. The summed E-state index contributed by atoms with van der Waals surface area (Å²) in [6.07, 6.45) is 5.03. The lowest BCUT2D eigenvalue weighted by molar-refractivity contribution is -0.0808. The summed E-state index contributed by atoms with van der Waals surface area (Å²) in [6, 6.07) is 0. The van der Waals surface area contributed by atoms with Crippen LogP contribution in [0.2, 0.25) is 0 Å². The van der Waals surface area contributed by atoms with Crippen LogP contribution in [0.3, 0.4) is 0 Å². The molecule has 2 nitrogen and oxygen atoms in total. The Morgan fingerprint density at radius 1 is 1.18 bits per heavy atom. The van der Waals surface area contributed by atoms with Crippen molar-refractivity contribution in [2.24, 2.45) is 11.3 Å². The topological polar surface area (TPSA) is 18.5 Å². The summed E-state index contributed by atoms with van der Waals surface area (Å²) in [5.74, 6) is 0.851. The van der Waals surface area contributed by atoms with Crippen LogP contribution in [-0.2, 0) is 9.47 Å². The molecule has 0 aromatic heterocycles. The third-order valence-electron chi connectivity index (χ3n) is 4.06. The molecule has 0 atom stereocenters. The number of halogens is 1. The SMILES string of the molecule is COCCOC1(CI)CCC(C(C)(C)C)CC1. The molecule has 102 valence electrons. The van der Waals surface area contributed by atoms with Gasteiger partial charge in [0.25, 0.3) is 0 Å². The molecule has 0 aromatic rings. The van der Waals surface area contributed by atoms with Crippen molar-refractivity contribution in [3.8, 4) is 0 Å². The first-order chi connectivity index (χ1) is 7.93. The Morgan fingerprint density at radius 2 is 1.76 bits per heavy atom. The second-order valence-electron chi connectivity index (χ2n) is 6.30. The van der Waals surface area contributed by atoms with Crippen LogP contribution in [0.25, 0.3) is 0 Å². The van der Waals surface area contributed by atoms with Crippen molar-refractivity contribution in [2.75, 3.05) is 24.8 Å². The predicted octanol–water partition coefficient (Wildman–Crippen LogP) is 4.06. The second kappa shape index (κ2) is 6.71. The third-order valence-corrected chi connectivity index (χ3v) is 5.45. The van der Waals surface area contributed by atoms with E-state index in [1.807, 2.05) is 0 Å². The summed E-state index contributed by atoms with van der Waals surface area (Å²) in [7, 11) is 1.73. The molecule has 1 rings (SSSR count). The Kier molecular flexibility index (Phi) is 6.20. The van der Waals surface area contributed by atoms with Crippen LogP contribution in [0, 0.1) is 11.3 Å². The van der Waals surface area contributed by atoms with Crippen molar-refractivity contribution < 1.29 is 9.47 Å². The maximum absolute atomic E-state index is 6.09. The lowest BCUT2D eigenvalue weighted by Gasteiger charge is -2.43. The standard InChI is InChI=1S/C14H27IO2/c1-13(2,3)12-5-7-14(11-15,8-6-12)17-10-9-16-4/h12H,5-11H2,1-4H3. The normalized spacial score (nSPS) is 30.5. The first-order valence-corrected chi connectivity index (χ1v) is 8.15. The lowest BCUT2D eigenvalue weighted by Crippen LogP contribution is -2.41. The van der Waals surface area contributed by atoms with Crippen LogP contribution in [0.1, 0.15) is 46.5 Å². The fourth-order valence-corrected chi connectivity index (χ4v) is 3.65. The van der Waals surface area contributed by atoms with Crippen LogP contribution >= 0.6 is 22.6 Å². The second-order valence-corrected chi connectivity index (χ2v) is 7.06. The molecule has 0 unspecified atom stereocenters. The fraction of sp³-hybridized carbons (Fsp3) is 1.00. The molecule has 1 aliphatic rings. The predicted molar refractivity (Wildman–Crippen MR) is 80.9 cm³/mol. The van der Waals surface area contributed by atoms with E-state index >= 15 is 0 Å². The largest absolute Gasteiger partial charge is 0.382 e. The zero-order valence-corrected chi connectivity index (χ0v) is 13.9. The summed E-state index contributed by atoms with van der Waals surface area (Å²) in [4.78, 5) is 0. The minimum Gasteiger partial charge on any atom is -0.382 e. The van der Waals surface area contributed by atoms with Crippen molar-refractivity contribution in [1.29, 1.82) is 0 Å². The van der Waals surface area contributed by atoms with E-state index in [4.69, 9.17) is 9.47 Å². The van der Waals surface area contributed by atoms with Gasteiger partial charge in [0.1, 0.15) is 0 Å². The van der Waals surface area contributed by atoms with Gasteiger partial charge >= 0.3 is 0 Å². The highest BCUT2D eigenvalue weighted by Gasteiger charge is 2.38. The van der Waals surface area contributed by atoms with E-state index in [1.165, 1.54) is 25.7 Å². The van der Waals surface area contributed by atoms with Gasteiger partial charge < -0.3 is 9.47 Å². The summed E-state index contributed by atoms with van der Waals surface area (Å²) >= 11 is 2.47. The van der Waals surface area contributed by atoms with Gasteiger partial charge in [0, 0.05) is 11.5 Å². The van der Waals surface area contributed by atoms with E-state index in [0.29, 0.717) is 12.0 Å². The highest BCUT2D eigenvalue weighted by atomic mass is 127. The van der Waals surface area contributed by atoms with Gasteiger partial charge in [-0.3, -0.25) is 0 Å². The summed E-state index contributed by atoms with van der Waals surface area (Å²) in [5.41, 5.74) is 0.574. The Labute approximate surface area is 120 Å². The lowest BCUT2D eigenvalue weighted by atomic mass is 9.69. The summed E-state index contributed by atoms with van der Waals surface area (Å²) < 4.78 is 12.3. The van der Waals surface area contributed by atoms with E-state index in [1.54, 1.807) is 7.11 Å². The molecule has 0 radical (unpaired) electrons. The molecule has 1 aliphatic carbocycles. The molecular weight excluding hydrogens is 327 g/mol. The first-order valence-electron chi connectivity index (χ1n) is 6.62. The summed E-state index contributed by atoms with van der Waals surface area (Å²) in [5, 5.41) is 0. The number of hydrogen-bond donors (Lipinski definition) is 0. The Balaban J connectivity index is 2.45. The Morgan fingerprint density at radius 3 is 2.18 bits per heavy atom. The fourth-order valence-electron chi connectivity index (χ4n) is 2.67. The van der Waals surface area contributed by atoms with Crippen molar-refractivity contribution in [2.45, 2.75) is 52.1 Å². The average molecular weight is 354 g/mol. The van der Waals surface area contributed by atoms with Crippen molar-refractivity contribution in [3.63, 3.8) is 0 Å². The van der Waals surface area contributed by atoms with Gasteiger partial charge in [0.15, 0.2) is 0 Å². The van der Waals surface area contributed by atoms with Crippen LogP contribution in [0.4, 0.5) is 0 Å². The van der Waals surface area contributed by atoms with Gasteiger partial charge in [0.2, 0.25) is 0 Å². The zero-order chi connectivity index (χ0) is 12.9. The molecule has 0 aliphatic heterocycles. The van der Waals surface area contributed by atoms with Gasteiger partial charge in [0.05, 0.1) is 18.8 Å². The van der Waals surface area contributed by atoms with Crippen LogP contribution < -0.4 is 0 Å². The third kappa shape index (κ3) is 4.67. The number of rotatable bonds is 5. The van der Waals surface area contributed by atoms with Gasteiger partial charge in [-0.25, -0.2) is 0 Å². The van der Waals surface area contributed by atoms with E-state index < -0.39 is 0 Å². The van der Waals surface area contributed by atoms with Crippen molar-refractivity contribution in [1.82, 2.24) is 0 Å². The molecule has 17 heavy (non-hydrogen) atoms. The molecule has 3 heteroatoms. The van der Waals surface area contributed by atoms with E-state index in [9.17, 15) is 0 Å². The molecule has 0 N–H and O–H groups in total. The summed E-state index contributed by atoms with van der Waals surface area (Å²) in [6.45, 7) is 8.53. The highest BCUT2D eigenvalue weighted by Crippen LogP contribution is 2.43. The monoisotopic (exact) mass is 354 g/mol. The van der Waals surface area contributed by atoms with Gasteiger partial charge in [-0.1, -0.05) is 43.4 Å². The minimum atomic E-state index is 0.126. The van der Waals surface area contributed by atoms with Gasteiger partial charge in [-0.15, -0.1) is 0 Å². The maximum atomic E-state index is 6.09. The van der Waals surface area contributed by atoms with Crippen LogP contribution in [0.5, 0.6) is 0 Å². The molecule has 0 heterocycles. The van der Waals surface area contributed by atoms with E-state index in [-0.39, 0.29) is 5.60 Å². The Hall–Kier alpha value is 0.650. The number of hydrogen-bond acceptors (Lipinski definition) is 2. The molecule has 0 saturated heterocycles. The molecule has 0 amide bonds. The molecule has 0 spiro atoms. The highest BCUT2D eigenvalue weighted by molar-refractivity contribution is 14.1. The van der Waals surface area contributed by atoms with Gasteiger partial charge in [-0.2, -0.15) is 0 Å². The number of methoxy groups -OCH3 is 1. The number of ether oxygens (including phenoxy) is 2. The minimum absolute atomic E-state index is 0.126. The molecular formula is C14H27IO2. The van der Waals surface area contributed by atoms with Crippen molar-refractivity contribution in [3.05, 3.63) is 0 Å². The Bertz CT molecular complexity index is 215.